The molecule has 1 aliphatic rings. The SMILES string of the molecule is O=C(O)C1(Cl)CC1(F)F. The number of aliphatic carboxylic acids is 1. The van der Waals surface area contributed by atoms with Crippen LogP contribution in [0, 0.1) is 0 Å². The smallest absolute Gasteiger partial charge is 0.331 e. The summed E-state index contributed by atoms with van der Waals surface area (Å²) in [6.07, 6.45) is -0.753. The maximum Gasteiger partial charge on any atom is 0.331 e. The van der Waals surface area contributed by atoms with E-state index in [1.165, 1.54) is 0 Å². The fraction of sp³-hybridized carbons (Fsp3) is 0.750. The van der Waals surface area contributed by atoms with Gasteiger partial charge >= 0.3 is 5.97 Å². The molecule has 0 bridgehead atoms. The van der Waals surface area contributed by atoms with Gasteiger partial charge in [0.15, 0.2) is 0 Å². The summed E-state index contributed by atoms with van der Waals surface area (Å²) in [5, 5.41) is 8.04. The molecule has 5 heteroatoms. The zero-order chi connectivity index (χ0) is 7.28. The normalized spacial score (nSPS) is 38.1. The molecule has 1 unspecified atom stereocenters. The van der Waals surface area contributed by atoms with Crippen molar-refractivity contribution in [3.63, 3.8) is 0 Å². The second kappa shape index (κ2) is 1.37. The van der Waals surface area contributed by atoms with Gasteiger partial charge in [0.25, 0.3) is 5.92 Å². The summed E-state index contributed by atoms with van der Waals surface area (Å²) in [5.41, 5.74) is 0. The molecular weight excluding hydrogens is 153 g/mol. The molecule has 1 aliphatic carbocycles. The van der Waals surface area contributed by atoms with Crippen LogP contribution in [0.2, 0.25) is 0 Å². The molecule has 0 radical (unpaired) electrons. The molecular formula is C4H3ClF2O2. The molecule has 2 nitrogen and oxygen atoms in total. The standard InChI is InChI=1S/C4H3ClF2O2/c5-3(2(8)9)1-4(3,6)7/h1H2,(H,8,9). The van der Waals surface area contributed by atoms with Crippen molar-refractivity contribution in [2.45, 2.75) is 17.2 Å². The lowest BCUT2D eigenvalue weighted by atomic mass is 10.4. The van der Waals surface area contributed by atoms with E-state index in [4.69, 9.17) is 16.7 Å². The minimum absolute atomic E-state index is 0.753. The van der Waals surface area contributed by atoms with Crippen LogP contribution in [0.15, 0.2) is 0 Å². The van der Waals surface area contributed by atoms with E-state index in [-0.39, 0.29) is 0 Å². The molecule has 0 heterocycles. The number of carboxylic acid groups (broad SMARTS) is 1. The van der Waals surface area contributed by atoms with Gasteiger partial charge in [0.1, 0.15) is 0 Å². The van der Waals surface area contributed by atoms with E-state index < -0.39 is 23.2 Å². The Hall–Kier alpha value is -0.380. The Bertz CT molecular complexity index is 170. The average Bonchev–Trinajstić information content (AvgIpc) is 2.08. The average molecular weight is 157 g/mol. The zero-order valence-corrected chi connectivity index (χ0v) is 4.95. The molecule has 0 spiro atoms. The van der Waals surface area contributed by atoms with Crippen LogP contribution in [0.25, 0.3) is 0 Å². The number of rotatable bonds is 1. The van der Waals surface area contributed by atoms with Crippen molar-refractivity contribution < 1.29 is 18.7 Å². The van der Waals surface area contributed by atoms with Gasteiger partial charge in [-0.15, -0.1) is 0 Å². The van der Waals surface area contributed by atoms with Crippen molar-refractivity contribution in [3.8, 4) is 0 Å². The van der Waals surface area contributed by atoms with Gasteiger partial charge in [-0.3, -0.25) is 4.79 Å². The predicted molar refractivity (Wildman–Crippen MR) is 25.8 cm³/mol. The molecule has 52 valence electrons. The molecule has 1 atom stereocenters. The van der Waals surface area contributed by atoms with Crippen LogP contribution in [0.5, 0.6) is 0 Å². The van der Waals surface area contributed by atoms with Crippen LogP contribution < -0.4 is 0 Å². The van der Waals surface area contributed by atoms with Gasteiger partial charge in [-0.25, -0.2) is 8.78 Å². The summed E-state index contributed by atoms with van der Waals surface area (Å²) >= 11 is 4.92. The first-order valence-corrected chi connectivity index (χ1v) is 2.58. The largest absolute Gasteiger partial charge is 0.480 e. The lowest BCUT2D eigenvalue weighted by molar-refractivity contribution is -0.139. The number of halogens is 3. The van der Waals surface area contributed by atoms with Crippen molar-refractivity contribution in [2.24, 2.45) is 0 Å². The van der Waals surface area contributed by atoms with Crippen LogP contribution in [0.1, 0.15) is 6.42 Å². The molecule has 0 aromatic rings. The first-order chi connectivity index (χ1) is 3.90. The molecule has 0 aromatic heterocycles. The molecule has 1 fully saturated rings. The number of carbonyl (C=O) groups is 1. The maximum atomic E-state index is 11.9. The molecule has 1 saturated carbocycles. The van der Waals surface area contributed by atoms with Crippen molar-refractivity contribution >= 4 is 17.6 Å². The van der Waals surface area contributed by atoms with Gasteiger partial charge in [-0.2, -0.15) is 0 Å². The molecule has 0 aromatic carbocycles. The predicted octanol–water partition coefficient (Wildman–Crippen LogP) is 1.09. The van der Waals surface area contributed by atoms with E-state index in [9.17, 15) is 13.6 Å². The number of alkyl halides is 3. The van der Waals surface area contributed by atoms with Gasteiger partial charge in [0.05, 0.1) is 0 Å². The highest BCUT2D eigenvalue weighted by atomic mass is 35.5. The van der Waals surface area contributed by atoms with E-state index in [1.807, 2.05) is 0 Å². The summed E-state index contributed by atoms with van der Waals surface area (Å²) in [6, 6.07) is 0. The molecule has 0 amide bonds. The summed E-state index contributed by atoms with van der Waals surface area (Å²) < 4.78 is 23.8. The van der Waals surface area contributed by atoms with Crippen LogP contribution in [0.4, 0.5) is 8.78 Å². The number of carboxylic acids is 1. The van der Waals surface area contributed by atoms with Gasteiger partial charge in [0, 0.05) is 6.42 Å². The van der Waals surface area contributed by atoms with Crippen LogP contribution >= 0.6 is 11.6 Å². The Kier molecular flexibility index (Phi) is 1.02. The topological polar surface area (TPSA) is 37.3 Å². The van der Waals surface area contributed by atoms with Crippen LogP contribution in [-0.4, -0.2) is 21.9 Å². The molecule has 1 N–H and O–H groups in total. The monoisotopic (exact) mass is 156 g/mol. The van der Waals surface area contributed by atoms with Crippen LogP contribution in [0.3, 0.4) is 0 Å². The first-order valence-electron chi connectivity index (χ1n) is 2.20. The van der Waals surface area contributed by atoms with Crippen molar-refractivity contribution in [2.75, 3.05) is 0 Å². The van der Waals surface area contributed by atoms with Gasteiger partial charge in [-0.1, -0.05) is 11.6 Å². The molecule has 0 saturated heterocycles. The van der Waals surface area contributed by atoms with Crippen molar-refractivity contribution in [1.82, 2.24) is 0 Å². The van der Waals surface area contributed by atoms with Crippen molar-refractivity contribution in [1.29, 1.82) is 0 Å². The second-order valence-corrected chi connectivity index (χ2v) is 2.63. The summed E-state index contributed by atoms with van der Waals surface area (Å²) in [5.74, 6) is -4.85. The van der Waals surface area contributed by atoms with E-state index in [2.05, 4.69) is 0 Å². The maximum absolute atomic E-state index is 11.9. The first kappa shape index (κ1) is 6.74. The quantitative estimate of drug-likeness (QED) is 0.577. The fourth-order valence-electron chi connectivity index (χ4n) is 0.494. The Morgan fingerprint density at radius 1 is 1.67 bits per heavy atom. The second-order valence-electron chi connectivity index (χ2n) is 1.99. The third kappa shape index (κ3) is 0.694. The summed E-state index contributed by atoms with van der Waals surface area (Å²) in [7, 11) is 0. The Morgan fingerprint density at radius 3 is 2.00 bits per heavy atom. The van der Waals surface area contributed by atoms with E-state index in [0.717, 1.165) is 0 Å². The number of hydrogen-bond acceptors (Lipinski definition) is 1. The molecule has 0 aliphatic heterocycles. The minimum Gasteiger partial charge on any atom is -0.480 e. The lowest BCUT2D eigenvalue weighted by Gasteiger charge is -1.97. The fourth-order valence-corrected chi connectivity index (χ4v) is 0.662. The lowest BCUT2D eigenvalue weighted by Crippen LogP contribution is -2.22. The van der Waals surface area contributed by atoms with Crippen LogP contribution in [-0.2, 0) is 4.79 Å². The summed E-state index contributed by atoms with van der Waals surface area (Å²) in [6.45, 7) is 0. The third-order valence-corrected chi connectivity index (χ3v) is 1.83. The highest BCUT2D eigenvalue weighted by Crippen LogP contribution is 2.57. The Labute approximate surface area is 54.4 Å². The van der Waals surface area contributed by atoms with E-state index in [1.54, 1.807) is 0 Å². The minimum atomic E-state index is -3.21. The zero-order valence-electron chi connectivity index (χ0n) is 4.20. The van der Waals surface area contributed by atoms with Crippen molar-refractivity contribution in [3.05, 3.63) is 0 Å². The van der Waals surface area contributed by atoms with Gasteiger partial charge in [0.2, 0.25) is 4.87 Å². The van der Waals surface area contributed by atoms with E-state index in [0.29, 0.717) is 0 Å². The highest BCUT2D eigenvalue weighted by Gasteiger charge is 2.76. The third-order valence-electron chi connectivity index (χ3n) is 1.26. The Morgan fingerprint density at radius 2 is 2.00 bits per heavy atom. The highest BCUT2D eigenvalue weighted by molar-refractivity contribution is 6.37. The molecule has 9 heavy (non-hydrogen) atoms. The Balaban J connectivity index is 2.74. The van der Waals surface area contributed by atoms with Gasteiger partial charge < -0.3 is 5.11 Å². The van der Waals surface area contributed by atoms with Gasteiger partial charge in [-0.05, 0) is 0 Å². The molecule has 1 rings (SSSR count). The summed E-state index contributed by atoms with van der Waals surface area (Å²) in [4.78, 5) is 7.59. The number of hydrogen-bond donors (Lipinski definition) is 1. The van der Waals surface area contributed by atoms with E-state index >= 15 is 0 Å².